The summed E-state index contributed by atoms with van der Waals surface area (Å²) in [6, 6.07) is 0. The Bertz CT molecular complexity index is 305. The van der Waals surface area contributed by atoms with Crippen molar-refractivity contribution in [2.45, 2.75) is 44.0 Å². The van der Waals surface area contributed by atoms with E-state index in [0.29, 0.717) is 0 Å². The highest BCUT2D eigenvalue weighted by Gasteiger charge is 2.17. The minimum atomic E-state index is -0.251. The maximum atomic E-state index is 9.27. The van der Waals surface area contributed by atoms with Crippen LogP contribution in [0.3, 0.4) is 0 Å². The molecule has 1 aliphatic rings. The summed E-state index contributed by atoms with van der Waals surface area (Å²) in [5.41, 5.74) is 0. The number of aromatic nitrogens is 1. The van der Waals surface area contributed by atoms with E-state index in [1.165, 1.54) is 28.5 Å². The average Bonchev–Trinajstić information content (AvgIpc) is 2.77. The standard InChI is InChI=1S/C11H17NOS2/c1-8(13)5-10-7-12-11(15-10)6-9-3-2-4-14-9/h7-9,13H,2-6H2,1H3. The number of nitrogens with zero attached hydrogens (tertiary/aromatic N) is 1. The van der Waals surface area contributed by atoms with Crippen LogP contribution in [0.25, 0.3) is 0 Å². The van der Waals surface area contributed by atoms with Gasteiger partial charge in [0.25, 0.3) is 0 Å². The van der Waals surface area contributed by atoms with Crippen LogP contribution in [0.2, 0.25) is 0 Å². The zero-order valence-electron chi connectivity index (χ0n) is 8.98. The smallest absolute Gasteiger partial charge is 0.0938 e. The van der Waals surface area contributed by atoms with E-state index in [9.17, 15) is 5.11 Å². The maximum Gasteiger partial charge on any atom is 0.0938 e. The lowest BCUT2D eigenvalue weighted by Crippen LogP contribution is -2.02. The number of aliphatic hydroxyl groups excluding tert-OH is 1. The molecule has 0 amide bonds. The van der Waals surface area contributed by atoms with Crippen LogP contribution in [0.4, 0.5) is 0 Å². The van der Waals surface area contributed by atoms with E-state index in [2.05, 4.69) is 16.7 Å². The van der Waals surface area contributed by atoms with Crippen molar-refractivity contribution < 1.29 is 5.11 Å². The van der Waals surface area contributed by atoms with Crippen LogP contribution in [-0.4, -0.2) is 27.2 Å². The first-order valence-corrected chi connectivity index (χ1v) is 7.34. The average molecular weight is 243 g/mol. The number of aliphatic hydroxyl groups is 1. The number of thioether (sulfide) groups is 1. The maximum absolute atomic E-state index is 9.27. The van der Waals surface area contributed by atoms with Crippen molar-refractivity contribution in [2.24, 2.45) is 0 Å². The lowest BCUT2D eigenvalue weighted by atomic mass is 10.2. The van der Waals surface area contributed by atoms with E-state index < -0.39 is 0 Å². The molecule has 2 atom stereocenters. The highest BCUT2D eigenvalue weighted by molar-refractivity contribution is 8.00. The molecule has 2 heterocycles. The van der Waals surface area contributed by atoms with Gasteiger partial charge in [-0.25, -0.2) is 4.98 Å². The number of hydrogen-bond donors (Lipinski definition) is 1. The van der Waals surface area contributed by atoms with Crippen LogP contribution in [0.15, 0.2) is 6.20 Å². The highest BCUT2D eigenvalue weighted by Crippen LogP contribution is 2.30. The van der Waals surface area contributed by atoms with Crippen molar-refractivity contribution in [3.8, 4) is 0 Å². The third kappa shape index (κ3) is 3.47. The van der Waals surface area contributed by atoms with Crippen LogP contribution in [0, 0.1) is 0 Å². The lowest BCUT2D eigenvalue weighted by Gasteiger charge is -2.04. The molecule has 1 N–H and O–H groups in total. The molecule has 0 aromatic carbocycles. The monoisotopic (exact) mass is 243 g/mol. The summed E-state index contributed by atoms with van der Waals surface area (Å²) in [6.07, 6.45) is 6.24. The number of rotatable bonds is 4. The Kier molecular flexibility index (Phi) is 4.05. The van der Waals surface area contributed by atoms with Crippen LogP contribution in [0.5, 0.6) is 0 Å². The van der Waals surface area contributed by atoms with Crippen molar-refractivity contribution in [2.75, 3.05) is 5.75 Å². The lowest BCUT2D eigenvalue weighted by molar-refractivity contribution is 0.196. The molecule has 0 saturated carbocycles. The van der Waals surface area contributed by atoms with Crippen molar-refractivity contribution in [1.82, 2.24) is 4.98 Å². The van der Waals surface area contributed by atoms with E-state index >= 15 is 0 Å². The molecule has 1 saturated heterocycles. The zero-order chi connectivity index (χ0) is 10.7. The summed E-state index contributed by atoms with van der Waals surface area (Å²) >= 11 is 3.84. The molecule has 0 aliphatic carbocycles. The fraction of sp³-hybridized carbons (Fsp3) is 0.727. The van der Waals surface area contributed by atoms with Crippen LogP contribution >= 0.6 is 23.1 Å². The SMILES string of the molecule is CC(O)Cc1cnc(CC2CCCS2)s1. The van der Waals surface area contributed by atoms with Gasteiger partial charge in [0.2, 0.25) is 0 Å². The van der Waals surface area contributed by atoms with Crippen LogP contribution in [-0.2, 0) is 12.8 Å². The fourth-order valence-electron chi connectivity index (χ4n) is 1.83. The van der Waals surface area contributed by atoms with Gasteiger partial charge in [-0.05, 0) is 25.5 Å². The van der Waals surface area contributed by atoms with Crippen molar-refractivity contribution >= 4 is 23.1 Å². The summed E-state index contributed by atoms with van der Waals surface area (Å²) in [7, 11) is 0. The molecular formula is C11H17NOS2. The third-order valence-electron chi connectivity index (χ3n) is 2.52. The Hall–Kier alpha value is -0.0600. The molecule has 0 radical (unpaired) electrons. The second-order valence-electron chi connectivity index (χ2n) is 4.11. The second-order valence-corrected chi connectivity index (χ2v) is 6.72. The summed E-state index contributed by atoms with van der Waals surface area (Å²) in [5, 5.41) is 11.3. The van der Waals surface area contributed by atoms with Crippen molar-refractivity contribution in [3.05, 3.63) is 16.1 Å². The molecule has 0 spiro atoms. The molecule has 84 valence electrons. The number of thiazole rings is 1. The topological polar surface area (TPSA) is 33.1 Å². The van der Waals surface area contributed by atoms with E-state index in [0.717, 1.165) is 18.1 Å². The molecule has 1 aromatic heterocycles. The van der Waals surface area contributed by atoms with Gasteiger partial charge in [0.1, 0.15) is 0 Å². The Morgan fingerprint density at radius 3 is 3.20 bits per heavy atom. The predicted molar refractivity (Wildman–Crippen MR) is 66.7 cm³/mol. The van der Waals surface area contributed by atoms with Crippen molar-refractivity contribution in [3.63, 3.8) is 0 Å². The zero-order valence-corrected chi connectivity index (χ0v) is 10.6. The first-order chi connectivity index (χ1) is 7.24. The molecule has 4 heteroatoms. The Morgan fingerprint density at radius 1 is 1.67 bits per heavy atom. The normalized spacial score (nSPS) is 23.2. The Morgan fingerprint density at radius 2 is 2.53 bits per heavy atom. The third-order valence-corrected chi connectivity index (χ3v) is 4.96. The molecule has 2 unspecified atom stereocenters. The van der Waals surface area contributed by atoms with Gasteiger partial charge in [0.05, 0.1) is 11.1 Å². The fourth-order valence-corrected chi connectivity index (χ4v) is 4.33. The summed E-state index contributed by atoms with van der Waals surface area (Å²) in [5.74, 6) is 1.32. The Balaban J connectivity index is 1.88. The molecule has 15 heavy (non-hydrogen) atoms. The van der Waals surface area contributed by atoms with Gasteiger partial charge in [0.15, 0.2) is 0 Å². The highest BCUT2D eigenvalue weighted by atomic mass is 32.2. The molecule has 2 nitrogen and oxygen atoms in total. The van der Waals surface area contributed by atoms with E-state index in [-0.39, 0.29) is 6.10 Å². The summed E-state index contributed by atoms with van der Waals surface area (Å²) < 4.78 is 0. The molecule has 0 bridgehead atoms. The molecule has 1 aromatic rings. The van der Waals surface area contributed by atoms with Crippen LogP contribution < -0.4 is 0 Å². The van der Waals surface area contributed by atoms with E-state index in [4.69, 9.17) is 0 Å². The van der Waals surface area contributed by atoms with Crippen LogP contribution in [0.1, 0.15) is 29.7 Å². The quantitative estimate of drug-likeness (QED) is 0.882. The van der Waals surface area contributed by atoms with Gasteiger partial charge in [-0.2, -0.15) is 11.8 Å². The molecule has 1 aliphatic heterocycles. The summed E-state index contributed by atoms with van der Waals surface area (Å²) in [6.45, 7) is 1.83. The molecule has 2 rings (SSSR count). The first kappa shape index (κ1) is 11.4. The number of hydrogen-bond acceptors (Lipinski definition) is 4. The minimum Gasteiger partial charge on any atom is -0.393 e. The van der Waals surface area contributed by atoms with Gasteiger partial charge in [-0.15, -0.1) is 11.3 Å². The van der Waals surface area contributed by atoms with Gasteiger partial charge in [-0.3, -0.25) is 0 Å². The van der Waals surface area contributed by atoms with Gasteiger partial charge < -0.3 is 5.11 Å². The summed E-state index contributed by atoms with van der Waals surface area (Å²) in [4.78, 5) is 5.64. The van der Waals surface area contributed by atoms with Crippen molar-refractivity contribution in [1.29, 1.82) is 0 Å². The molecule has 1 fully saturated rings. The second kappa shape index (κ2) is 5.32. The van der Waals surface area contributed by atoms with E-state index in [1.807, 2.05) is 13.1 Å². The largest absolute Gasteiger partial charge is 0.393 e. The minimum absolute atomic E-state index is 0.251. The predicted octanol–water partition coefficient (Wildman–Crippen LogP) is 2.50. The van der Waals surface area contributed by atoms with E-state index in [1.54, 1.807) is 11.3 Å². The first-order valence-electron chi connectivity index (χ1n) is 5.47. The van der Waals surface area contributed by atoms with Gasteiger partial charge in [-0.1, -0.05) is 0 Å². The van der Waals surface area contributed by atoms with Gasteiger partial charge >= 0.3 is 0 Å². The van der Waals surface area contributed by atoms with Gasteiger partial charge in [0, 0.05) is 29.2 Å². The Labute approximate surface area is 99.1 Å². The molecular weight excluding hydrogens is 226 g/mol.